The standard InChI is InChI=1S/C23H19N3O3/c27-23(24-13-12-17-6-3-5-16-4-1-2-7-22(16)17)25-20-10-8-19-15-21(26(28)29)11-9-18(19)14-20/h1-11,14-15H,12-13H2,(H2,24,25,27). The molecule has 0 atom stereocenters. The predicted octanol–water partition coefficient (Wildman–Crippen LogP) is 5.27. The molecule has 0 saturated heterocycles. The van der Waals surface area contributed by atoms with Crippen LogP contribution < -0.4 is 10.6 Å². The molecule has 0 aliphatic rings. The summed E-state index contributed by atoms with van der Waals surface area (Å²) in [6.07, 6.45) is 0.732. The molecule has 0 aliphatic heterocycles. The van der Waals surface area contributed by atoms with E-state index < -0.39 is 4.92 Å². The minimum Gasteiger partial charge on any atom is -0.338 e. The van der Waals surface area contributed by atoms with Gasteiger partial charge in [0.15, 0.2) is 0 Å². The number of anilines is 1. The zero-order valence-corrected chi connectivity index (χ0v) is 15.6. The number of non-ortho nitro benzene ring substituents is 1. The van der Waals surface area contributed by atoms with Crippen LogP contribution in [0.2, 0.25) is 0 Å². The molecule has 6 heteroatoms. The number of nitrogens with zero attached hydrogens (tertiary/aromatic N) is 1. The Morgan fingerprint density at radius 3 is 2.48 bits per heavy atom. The largest absolute Gasteiger partial charge is 0.338 e. The van der Waals surface area contributed by atoms with E-state index >= 15 is 0 Å². The molecule has 0 saturated carbocycles. The highest BCUT2D eigenvalue weighted by atomic mass is 16.6. The van der Waals surface area contributed by atoms with Crippen LogP contribution >= 0.6 is 0 Å². The predicted molar refractivity (Wildman–Crippen MR) is 115 cm³/mol. The van der Waals surface area contributed by atoms with E-state index in [9.17, 15) is 14.9 Å². The highest BCUT2D eigenvalue weighted by Gasteiger charge is 2.08. The van der Waals surface area contributed by atoms with Gasteiger partial charge in [-0.1, -0.05) is 48.5 Å². The lowest BCUT2D eigenvalue weighted by Gasteiger charge is -2.10. The fraction of sp³-hybridized carbons (Fsp3) is 0.0870. The van der Waals surface area contributed by atoms with Crippen LogP contribution in [0.4, 0.5) is 16.2 Å². The van der Waals surface area contributed by atoms with Gasteiger partial charge in [0.25, 0.3) is 5.69 Å². The van der Waals surface area contributed by atoms with Gasteiger partial charge in [-0.2, -0.15) is 0 Å². The van der Waals surface area contributed by atoms with Gasteiger partial charge in [0, 0.05) is 24.4 Å². The first-order valence-electron chi connectivity index (χ1n) is 9.30. The van der Waals surface area contributed by atoms with Crippen molar-refractivity contribution in [2.45, 2.75) is 6.42 Å². The Balaban J connectivity index is 1.38. The molecule has 144 valence electrons. The fourth-order valence-corrected chi connectivity index (χ4v) is 3.42. The van der Waals surface area contributed by atoms with Gasteiger partial charge < -0.3 is 10.6 Å². The van der Waals surface area contributed by atoms with Crippen LogP contribution in [0.25, 0.3) is 21.5 Å². The van der Waals surface area contributed by atoms with Gasteiger partial charge in [-0.15, -0.1) is 0 Å². The third-order valence-corrected chi connectivity index (χ3v) is 4.85. The smallest absolute Gasteiger partial charge is 0.319 e. The molecular formula is C23H19N3O3. The van der Waals surface area contributed by atoms with E-state index in [1.54, 1.807) is 24.3 Å². The first-order chi connectivity index (χ1) is 14.1. The SMILES string of the molecule is O=C(NCCc1cccc2ccccc12)Nc1ccc2cc([N+](=O)[O-])ccc2c1. The Labute approximate surface area is 167 Å². The number of hydrogen-bond donors (Lipinski definition) is 2. The second-order valence-corrected chi connectivity index (χ2v) is 6.77. The summed E-state index contributed by atoms with van der Waals surface area (Å²) >= 11 is 0. The Kier molecular flexibility index (Phi) is 5.07. The van der Waals surface area contributed by atoms with Gasteiger partial charge in [-0.3, -0.25) is 10.1 Å². The third kappa shape index (κ3) is 4.16. The zero-order valence-electron chi connectivity index (χ0n) is 15.6. The van der Waals surface area contributed by atoms with Gasteiger partial charge >= 0.3 is 6.03 Å². The molecule has 0 unspecified atom stereocenters. The average Bonchev–Trinajstić information content (AvgIpc) is 2.73. The number of hydrogen-bond acceptors (Lipinski definition) is 3. The van der Waals surface area contributed by atoms with Crippen molar-refractivity contribution in [2.24, 2.45) is 0 Å². The Morgan fingerprint density at radius 2 is 1.62 bits per heavy atom. The normalized spacial score (nSPS) is 10.8. The van der Waals surface area contributed by atoms with Crippen molar-refractivity contribution >= 4 is 39.0 Å². The minimum absolute atomic E-state index is 0.0457. The first-order valence-corrected chi connectivity index (χ1v) is 9.30. The summed E-state index contributed by atoms with van der Waals surface area (Å²) in [5.74, 6) is 0. The monoisotopic (exact) mass is 385 g/mol. The molecular weight excluding hydrogens is 366 g/mol. The molecule has 4 aromatic rings. The van der Waals surface area contributed by atoms with Crippen molar-refractivity contribution < 1.29 is 9.72 Å². The number of benzene rings is 4. The van der Waals surface area contributed by atoms with Crippen LogP contribution in [-0.4, -0.2) is 17.5 Å². The van der Waals surface area contributed by atoms with Crippen molar-refractivity contribution in [1.82, 2.24) is 5.32 Å². The second kappa shape index (κ2) is 7.98. The van der Waals surface area contributed by atoms with E-state index in [0.29, 0.717) is 12.2 Å². The van der Waals surface area contributed by atoms with Crippen LogP contribution in [0.3, 0.4) is 0 Å². The topological polar surface area (TPSA) is 84.3 Å². The van der Waals surface area contributed by atoms with E-state index in [1.807, 2.05) is 18.2 Å². The van der Waals surface area contributed by atoms with Crippen molar-refractivity contribution in [3.05, 3.63) is 94.5 Å². The summed E-state index contributed by atoms with van der Waals surface area (Å²) in [6, 6.07) is 24.0. The number of fused-ring (bicyclic) bond motifs is 2. The van der Waals surface area contributed by atoms with E-state index in [2.05, 4.69) is 34.9 Å². The van der Waals surface area contributed by atoms with Crippen molar-refractivity contribution in [3.8, 4) is 0 Å². The number of nitro groups is 1. The molecule has 2 amide bonds. The Hall–Kier alpha value is -3.93. The van der Waals surface area contributed by atoms with Gasteiger partial charge in [0.2, 0.25) is 0 Å². The molecule has 6 nitrogen and oxygen atoms in total. The van der Waals surface area contributed by atoms with Crippen LogP contribution in [0.15, 0.2) is 78.9 Å². The summed E-state index contributed by atoms with van der Waals surface area (Å²) in [5.41, 5.74) is 1.87. The number of nitrogens with one attached hydrogen (secondary N) is 2. The summed E-state index contributed by atoms with van der Waals surface area (Å²) in [7, 11) is 0. The number of carbonyl (C=O) groups is 1. The van der Waals surface area contributed by atoms with Crippen LogP contribution in [0.5, 0.6) is 0 Å². The maximum absolute atomic E-state index is 12.2. The second-order valence-electron chi connectivity index (χ2n) is 6.77. The molecule has 0 aromatic heterocycles. The molecule has 4 rings (SSSR count). The Morgan fingerprint density at radius 1 is 0.862 bits per heavy atom. The number of carbonyl (C=O) groups excluding carboxylic acids is 1. The molecule has 0 aliphatic carbocycles. The molecule has 4 aromatic carbocycles. The molecule has 2 N–H and O–H groups in total. The number of nitro benzene ring substituents is 1. The quantitative estimate of drug-likeness (QED) is 0.363. The first kappa shape index (κ1) is 18.4. The number of amides is 2. The molecule has 0 radical (unpaired) electrons. The lowest BCUT2D eigenvalue weighted by atomic mass is 10.0. The zero-order chi connectivity index (χ0) is 20.2. The lowest BCUT2D eigenvalue weighted by Crippen LogP contribution is -2.30. The highest BCUT2D eigenvalue weighted by Crippen LogP contribution is 2.24. The van der Waals surface area contributed by atoms with Crippen LogP contribution in [0, 0.1) is 10.1 Å². The summed E-state index contributed by atoms with van der Waals surface area (Å²) in [4.78, 5) is 22.7. The summed E-state index contributed by atoms with van der Waals surface area (Å²) in [5, 5.41) is 20.5. The lowest BCUT2D eigenvalue weighted by molar-refractivity contribution is -0.384. The molecule has 0 bridgehead atoms. The van der Waals surface area contributed by atoms with Crippen molar-refractivity contribution in [1.29, 1.82) is 0 Å². The average molecular weight is 385 g/mol. The van der Waals surface area contributed by atoms with Crippen LogP contribution in [0.1, 0.15) is 5.56 Å². The minimum atomic E-state index is -0.422. The van der Waals surface area contributed by atoms with Crippen molar-refractivity contribution in [3.63, 3.8) is 0 Å². The van der Waals surface area contributed by atoms with E-state index in [-0.39, 0.29) is 11.7 Å². The molecule has 0 spiro atoms. The summed E-state index contributed by atoms with van der Waals surface area (Å²) in [6.45, 7) is 0.514. The number of rotatable bonds is 5. The maximum atomic E-state index is 12.2. The van der Waals surface area contributed by atoms with Gasteiger partial charge in [0.1, 0.15) is 0 Å². The highest BCUT2D eigenvalue weighted by molar-refractivity contribution is 5.94. The fourth-order valence-electron chi connectivity index (χ4n) is 3.42. The number of urea groups is 1. The summed E-state index contributed by atoms with van der Waals surface area (Å²) < 4.78 is 0. The van der Waals surface area contributed by atoms with E-state index in [1.165, 1.54) is 28.5 Å². The third-order valence-electron chi connectivity index (χ3n) is 4.85. The molecule has 0 fully saturated rings. The van der Waals surface area contributed by atoms with Gasteiger partial charge in [0.05, 0.1) is 4.92 Å². The van der Waals surface area contributed by atoms with Gasteiger partial charge in [-0.25, -0.2) is 4.79 Å². The van der Waals surface area contributed by atoms with E-state index in [0.717, 1.165) is 17.2 Å². The maximum Gasteiger partial charge on any atom is 0.319 e. The van der Waals surface area contributed by atoms with Crippen LogP contribution in [-0.2, 0) is 6.42 Å². The van der Waals surface area contributed by atoms with Crippen molar-refractivity contribution in [2.75, 3.05) is 11.9 Å². The molecule has 0 heterocycles. The van der Waals surface area contributed by atoms with Gasteiger partial charge in [-0.05, 0) is 51.7 Å². The molecule has 29 heavy (non-hydrogen) atoms. The van der Waals surface area contributed by atoms with E-state index in [4.69, 9.17) is 0 Å². The Bertz CT molecular complexity index is 1220.